The highest BCUT2D eigenvalue weighted by atomic mass is 15.3. The van der Waals surface area contributed by atoms with Crippen LogP contribution in [-0.4, -0.2) is 29.6 Å². The van der Waals surface area contributed by atoms with Gasteiger partial charge >= 0.3 is 0 Å². The lowest BCUT2D eigenvalue weighted by Crippen LogP contribution is -2.35. The van der Waals surface area contributed by atoms with Crippen LogP contribution in [-0.2, 0) is 12.8 Å². The first kappa shape index (κ1) is 18.2. The van der Waals surface area contributed by atoms with Crippen molar-refractivity contribution in [3.05, 3.63) is 77.5 Å². The molecule has 0 unspecified atom stereocenters. The fourth-order valence-corrected chi connectivity index (χ4v) is 4.68. The zero-order chi connectivity index (χ0) is 19.6. The van der Waals surface area contributed by atoms with Crippen molar-refractivity contribution in [2.45, 2.75) is 32.6 Å². The van der Waals surface area contributed by atoms with Gasteiger partial charge in [-0.2, -0.15) is 4.98 Å². The molecular formula is C25H28N4. The highest BCUT2D eigenvalue weighted by molar-refractivity contribution is 5.68. The molecule has 5 rings (SSSR count). The molecule has 4 nitrogen and oxygen atoms in total. The number of aryl methyl sites for hydroxylation is 1. The second-order valence-corrected chi connectivity index (χ2v) is 8.32. The molecule has 148 valence electrons. The van der Waals surface area contributed by atoms with Crippen LogP contribution >= 0.6 is 0 Å². The molecule has 3 heterocycles. The first-order valence-corrected chi connectivity index (χ1v) is 10.8. The summed E-state index contributed by atoms with van der Waals surface area (Å²) in [6, 6.07) is 21.7. The van der Waals surface area contributed by atoms with Crippen LogP contribution in [0.5, 0.6) is 0 Å². The molecule has 0 N–H and O–H groups in total. The number of nitrogens with zero attached hydrogens (tertiary/aromatic N) is 4. The van der Waals surface area contributed by atoms with E-state index < -0.39 is 0 Å². The van der Waals surface area contributed by atoms with E-state index in [0.29, 0.717) is 0 Å². The van der Waals surface area contributed by atoms with Gasteiger partial charge in [0.15, 0.2) is 0 Å². The van der Waals surface area contributed by atoms with Crippen molar-refractivity contribution in [1.82, 2.24) is 9.97 Å². The number of benzene rings is 2. The summed E-state index contributed by atoms with van der Waals surface area (Å²) in [7, 11) is 0. The minimum atomic E-state index is 0.753. The first-order chi connectivity index (χ1) is 14.3. The predicted octanol–water partition coefficient (Wildman–Crippen LogP) is 4.94. The van der Waals surface area contributed by atoms with Gasteiger partial charge in [0.25, 0.3) is 0 Å². The van der Waals surface area contributed by atoms with Crippen LogP contribution in [0, 0.1) is 12.8 Å². The predicted molar refractivity (Wildman–Crippen MR) is 119 cm³/mol. The van der Waals surface area contributed by atoms with Crippen LogP contribution in [0.4, 0.5) is 17.5 Å². The van der Waals surface area contributed by atoms with Crippen molar-refractivity contribution in [2.75, 3.05) is 29.4 Å². The fraction of sp³-hybridized carbons (Fsp3) is 0.360. The van der Waals surface area contributed by atoms with E-state index in [9.17, 15) is 0 Å². The van der Waals surface area contributed by atoms with Gasteiger partial charge in [-0.3, -0.25) is 0 Å². The average molecular weight is 385 g/mol. The maximum Gasteiger partial charge on any atom is 0.227 e. The summed E-state index contributed by atoms with van der Waals surface area (Å²) >= 11 is 0. The Bertz CT molecular complexity index is 977. The largest absolute Gasteiger partial charge is 0.341 e. The lowest BCUT2D eigenvalue weighted by atomic mass is 9.90. The minimum absolute atomic E-state index is 0.753. The molecule has 4 heteroatoms. The number of aromatic nitrogens is 2. The van der Waals surface area contributed by atoms with Gasteiger partial charge < -0.3 is 9.80 Å². The van der Waals surface area contributed by atoms with Gasteiger partial charge in [0.05, 0.1) is 0 Å². The van der Waals surface area contributed by atoms with Gasteiger partial charge in [0.1, 0.15) is 5.82 Å². The third-order valence-electron chi connectivity index (χ3n) is 6.26. The lowest BCUT2D eigenvalue weighted by Gasteiger charge is -2.32. The van der Waals surface area contributed by atoms with Gasteiger partial charge in [-0.05, 0) is 55.7 Å². The van der Waals surface area contributed by atoms with Crippen molar-refractivity contribution in [3.8, 4) is 0 Å². The SMILES string of the molecule is Cc1cc(N2CCc3ccccc32)nc(N2CCC(Cc3ccccc3)CC2)n1. The van der Waals surface area contributed by atoms with E-state index in [2.05, 4.69) is 77.4 Å². The second kappa shape index (κ2) is 7.86. The van der Waals surface area contributed by atoms with Gasteiger partial charge in [-0.1, -0.05) is 48.5 Å². The Morgan fingerprint density at radius 2 is 1.66 bits per heavy atom. The van der Waals surface area contributed by atoms with E-state index in [1.54, 1.807) is 0 Å². The maximum absolute atomic E-state index is 4.99. The topological polar surface area (TPSA) is 32.3 Å². The summed E-state index contributed by atoms with van der Waals surface area (Å²) in [5.41, 5.74) is 5.19. The highest BCUT2D eigenvalue weighted by Crippen LogP contribution is 2.34. The van der Waals surface area contributed by atoms with Crippen LogP contribution in [0.3, 0.4) is 0 Å². The van der Waals surface area contributed by atoms with Crippen molar-refractivity contribution in [1.29, 1.82) is 0 Å². The third-order valence-corrected chi connectivity index (χ3v) is 6.26. The molecule has 0 spiro atoms. The highest BCUT2D eigenvalue weighted by Gasteiger charge is 2.25. The monoisotopic (exact) mass is 384 g/mol. The van der Waals surface area contributed by atoms with Crippen molar-refractivity contribution in [3.63, 3.8) is 0 Å². The number of rotatable bonds is 4. The summed E-state index contributed by atoms with van der Waals surface area (Å²) in [6.45, 7) is 5.15. The normalized spacial score (nSPS) is 16.9. The Balaban J connectivity index is 1.30. The molecule has 0 amide bonds. The molecule has 1 fully saturated rings. The van der Waals surface area contributed by atoms with Gasteiger partial charge in [0.2, 0.25) is 5.95 Å². The van der Waals surface area contributed by atoms with Crippen LogP contribution in [0.15, 0.2) is 60.7 Å². The number of fused-ring (bicyclic) bond motifs is 1. The van der Waals surface area contributed by atoms with E-state index in [4.69, 9.17) is 9.97 Å². The third kappa shape index (κ3) is 3.84. The summed E-state index contributed by atoms with van der Waals surface area (Å²) < 4.78 is 0. The first-order valence-electron chi connectivity index (χ1n) is 10.8. The van der Waals surface area contributed by atoms with E-state index in [-0.39, 0.29) is 0 Å². The Hall–Kier alpha value is -2.88. The van der Waals surface area contributed by atoms with Gasteiger partial charge in [-0.15, -0.1) is 0 Å². The Kier molecular flexibility index (Phi) is 4.92. The molecule has 2 aliphatic heterocycles. The van der Waals surface area contributed by atoms with E-state index in [0.717, 1.165) is 49.4 Å². The second-order valence-electron chi connectivity index (χ2n) is 8.32. The molecule has 2 aliphatic rings. The zero-order valence-corrected chi connectivity index (χ0v) is 17.1. The smallest absolute Gasteiger partial charge is 0.227 e. The zero-order valence-electron chi connectivity index (χ0n) is 17.1. The summed E-state index contributed by atoms with van der Waals surface area (Å²) in [6.07, 6.45) is 4.67. The van der Waals surface area contributed by atoms with Crippen LogP contribution < -0.4 is 9.80 Å². The fourth-order valence-electron chi connectivity index (χ4n) is 4.68. The number of hydrogen-bond acceptors (Lipinski definition) is 4. The van der Waals surface area contributed by atoms with Gasteiger partial charge in [-0.25, -0.2) is 4.98 Å². The van der Waals surface area contributed by atoms with E-state index in [1.165, 1.54) is 36.1 Å². The maximum atomic E-state index is 4.99. The number of piperidine rings is 1. The average Bonchev–Trinajstić information content (AvgIpc) is 3.19. The quantitative estimate of drug-likeness (QED) is 0.638. The number of para-hydroxylation sites is 1. The number of hydrogen-bond donors (Lipinski definition) is 0. The number of anilines is 3. The summed E-state index contributed by atoms with van der Waals surface area (Å²) in [4.78, 5) is 14.5. The lowest BCUT2D eigenvalue weighted by molar-refractivity contribution is 0.400. The van der Waals surface area contributed by atoms with E-state index in [1.807, 2.05) is 0 Å². The molecular weight excluding hydrogens is 356 g/mol. The Morgan fingerprint density at radius 1 is 0.897 bits per heavy atom. The molecule has 0 aliphatic carbocycles. The molecule has 0 radical (unpaired) electrons. The van der Waals surface area contributed by atoms with Gasteiger partial charge in [0, 0.05) is 37.1 Å². The Morgan fingerprint density at radius 3 is 2.48 bits per heavy atom. The van der Waals surface area contributed by atoms with Crippen LogP contribution in [0.25, 0.3) is 0 Å². The van der Waals surface area contributed by atoms with Crippen molar-refractivity contribution >= 4 is 17.5 Å². The molecule has 0 atom stereocenters. The summed E-state index contributed by atoms with van der Waals surface area (Å²) in [5.74, 6) is 2.68. The molecule has 1 aromatic heterocycles. The summed E-state index contributed by atoms with van der Waals surface area (Å²) in [5, 5.41) is 0. The molecule has 0 bridgehead atoms. The molecule has 29 heavy (non-hydrogen) atoms. The Labute approximate surface area is 173 Å². The molecule has 2 aromatic carbocycles. The van der Waals surface area contributed by atoms with Crippen molar-refractivity contribution in [2.24, 2.45) is 5.92 Å². The van der Waals surface area contributed by atoms with E-state index >= 15 is 0 Å². The minimum Gasteiger partial charge on any atom is -0.341 e. The molecule has 0 saturated carbocycles. The molecule has 1 saturated heterocycles. The van der Waals surface area contributed by atoms with Crippen molar-refractivity contribution < 1.29 is 0 Å². The standard InChI is InChI=1S/C25H28N4/c1-19-17-24(29-16-13-22-9-5-6-10-23(22)29)27-25(26-19)28-14-11-21(12-15-28)18-20-7-3-2-4-8-20/h2-10,17,21H,11-16,18H2,1H3. The van der Waals surface area contributed by atoms with Crippen LogP contribution in [0.2, 0.25) is 0 Å². The molecule has 3 aromatic rings. The van der Waals surface area contributed by atoms with Crippen LogP contribution in [0.1, 0.15) is 29.7 Å².